The van der Waals surface area contributed by atoms with Crippen LogP contribution in [0.4, 0.5) is 0 Å². The van der Waals surface area contributed by atoms with E-state index >= 15 is 0 Å². The summed E-state index contributed by atoms with van der Waals surface area (Å²) in [6, 6.07) is 0. The maximum absolute atomic E-state index is 10.3. The Hall–Kier alpha value is -1.35. The second-order valence-corrected chi connectivity index (χ2v) is 6.12. The Kier molecular flexibility index (Phi) is 11.2. The summed E-state index contributed by atoms with van der Waals surface area (Å²) >= 11 is 0. The lowest BCUT2D eigenvalue weighted by atomic mass is 10.1. The number of hydrogen-bond donors (Lipinski definition) is 1. The van der Waals surface area contributed by atoms with E-state index in [0.717, 1.165) is 32.1 Å². The Morgan fingerprint density at radius 1 is 0.957 bits per heavy atom. The summed E-state index contributed by atoms with van der Waals surface area (Å²) in [6.45, 7) is 2.23. The van der Waals surface area contributed by atoms with Crippen molar-refractivity contribution in [1.82, 2.24) is 0 Å². The number of allylic oxidation sites excluding steroid dienone is 5. The van der Waals surface area contributed by atoms with Gasteiger partial charge in [0.25, 0.3) is 0 Å². The van der Waals surface area contributed by atoms with Gasteiger partial charge in [-0.25, -0.2) is 0 Å². The van der Waals surface area contributed by atoms with Crippen LogP contribution in [0.15, 0.2) is 36.5 Å². The monoisotopic (exact) mass is 320 g/mol. The minimum Gasteiger partial charge on any atom is -0.481 e. The van der Waals surface area contributed by atoms with E-state index in [9.17, 15) is 4.79 Å². The van der Waals surface area contributed by atoms with Crippen LogP contribution in [0.5, 0.6) is 0 Å². The van der Waals surface area contributed by atoms with E-state index in [2.05, 4.69) is 43.4 Å². The smallest absolute Gasteiger partial charge is 0.303 e. The number of rotatable bonds is 14. The number of hydrogen-bond acceptors (Lipinski definition) is 2. The average molecular weight is 320 g/mol. The van der Waals surface area contributed by atoms with E-state index in [0.29, 0.717) is 12.2 Å². The summed E-state index contributed by atoms with van der Waals surface area (Å²) in [7, 11) is 0. The van der Waals surface area contributed by atoms with Crippen LogP contribution in [-0.4, -0.2) is 23.3 Å². The van der Waals surface area contributed by atoms with Gasteiger partial charge in [0, 0.05) is 6.42 Å². The highest BCUT2D eigenvalue weighted by atomic mass is 16.6. The third-order valence-electron chi connectivity index (χ3n) is 3.95. The highest BCUT2D eigenvalue weighted by Gasteiger charge is 2.36. The average Bonchev–Trinajstić information content (AvgIpc) is 3.27. The number of unbranched alkanes of at least 4 members (excludes halogenated alkanes) is 3. The van der Waals surface area contributed by atoms with Crippen molar-refractivity contribution in [2.24, 2.45) is 0 Å². The topological polar surface area (TPSA) is 49.8 Å². The number of carbonyl (C=O) groups is 1. The predicted molar refractivity (Wildman–Crippen MR) is 95.6 cm³/mol. The van der Waals surface area contributed by atoms with Crippen LogP contribution in [0, 0.1) is 0 Å². The Morgan fingerprint density at radius 2 is 1.65 bits per heavy atom. The van der Waals surface area contributed by atoms with Gasteiger partial charge in [0.2, 0.25) is 0 Å². The van der Waals surface area contributed by atoms with Gasteiger partial charge >= 0.3 is 5.97 Å². The zero-order chi connectivity index (χ0) is 16.8. The third-order valence-corrected chi connectivity index (χ3v) is 3.95. The van der Waals surface area contributed by atoms with Crippen molar-refractivity contribution in [3.05, 3.63) is 36.5 Å². The third kappa shape index (κ3) is 11.8. The van der Waals surface area contributed by atoms with Crippen molar-refractivity contribution >= 4 is 5.97 Å². The molecule has 0 aromatic rings. The lowest BCUT2D eigenvalue weighted by molar-refractivity contribution is -0.137. The molecule has 1 aliphatic rings. The van der Waals surface area contributed by atoms with Crippen LogP contribution in [0.25, 0.3) is 0 Å². The van der Waals surface area contributed by atoms with Crippen LogP contribution in [0.1, 0.15) is 71.1 Å². The fourth-order valence-corrected chi connectivity index (χ4v) is 2.50. The van der Waals surface area contributed by atoms with Gasteiger partial charge in [-0.3, -0.25) is 4.79 Å². The van der Waals surface area contributed by atoms with Crippen LogP contribution >= 0.6 is 0 Å². The maximum atomic E-state index is 10.3. The maximum Gasteiger partial charge on any atom is 0.303 e. The van der Waals surface area contributed by atoms with Gasteiger partial charge < -0.3 is 9.84 Å². The molecule has 1 aliphatic heterocycles. The molecule has 0 bridgehead atoms. The Morgan fingerprint density at radius 3 is 2.35 bits per heavy atom. The van der Waals surface area contributed by atoms with Crippen molar-refractivity contribution in [3.63, 3.8) is 0 Å². The molecule has 0 aliphatic carbocycles. The molecule has 130 valence electrons. The Labute approximate surface area is 141 Å². The molecule has 0 saturated carbocycles. The lowest BCUT2D eigenvalue weighted by Gasteiger charge is -1.93. The molecule has 3 nitrogen and oxygen atoms in total. The van der Waals surface area contributed by atoms with E-state index in [1.54, 1.807) is 0 Å². The van der Waals surface area contributed by atoms with Crippen LogP contribution in [0.3, 0.4) is 0 Å². The summed E-state index contributed by atoms with van der Waals surface area (Å²) in [6.07, 6.45) is 23.8. The van der Waals surface area contributed by atoms with E-state index < -0.39 is 5.97 Å². The number of aliphatic carboxylic acids is 1. The van der Waals surface area contributed by atoms with Gasteiger partial charge in [0.1, 0.15) is 0 Å². The molecule has 1 rings (SSSR count). The SMILES string of the molecule is CCCCC[C@@H]1O[C@@H]1C/C=C/C/C=C\C/C=C\CCCC(=O)O. The Balaban J connectivity index is 1.90. The van der Waals surface area contributed by atoms with Gasteiger partial charge in [0.15, 0.2) is 0 Å². The number of ether oxygens (including phenoxy) is 1. The van der Waals surface area contributed by atoms with Crippen molar-refractivity contribution in [1.29, 1.82) is 0 Å². The van der Waals surface area contributed by atoms with Crippen molar-refractivity contribution in [2.75, 3.05) is 0 Å². The molecule has 0 unspecified atom stereocenters. The molecule has 1 N–H and O–H groups in total. The van der Waals surface area contributed by atoms with Crippen LogP contribution in [-0.2, 0) is 9.53 Å². The molecular weight excluding hydrogens is 288 g/mol. The minimum atomic E-state index is -0.714. The summed E-state index contributed by atoms with van der Waals surface area (Å²) in [5.41, 5.74) is 0. The van der Waals surface area contributed by atoms with Crippen molar-refractivity contribution in [2.45, 2.75) is 83.3 Å². The largest absolute Gasteiger partial charge is 0.481 e. The fraction of sp³-hybridized carbons (Fsp3) is 0.650. The molecule has 0 aromatic heterocycles. The highest BCUT2D eigenvalue weighted by Crippen LogP contribution is 2.30. The van der Waals surface area contributed by atoms with E-state index in [1.165, 1.54) is 25.7 Å². The molecule has 1 heterocycles. The molecule has 3 heteroatoms. The number of epoxide rings is 1. The summed E-state index contributed by atoms with van der Waals surface area (Å²) in [5, 5.41) is 8.51. The first-order valence-corrected chi connectivity index (χ1v) is 9.06. The van der Waals surface area contributed by atoms with Gasteiger partial charge in [-0.2, -0.15) is 0 Å². The zero-order valence-electron chi connectivity index (χ0n) is 14.5. The molecule has 0 amide bonds. The van der Waals surface area contributed by atoms with Crippen molar-refractivity contribution in [3.8, 4) is 0 Å². The second-order valence-electron chi connectivity index (χ2n) is 6.12. The molecule has 0 radical (unpaired) electrons. The van der Waals surface area contributed by atoms with Gasteiger partial charge in [0.05, 0.1) is 12.2 Å². The van der Waals surface area contributed by atoms with Gasteiger partial charge in [-0.15, -0.1) is 0 Å². The van der Waals surface area contributed by atoms with E-state index in [-0.39, 0.29) is 6.42 Å². The van der Waals surface area contributed by atoms with Gasteiger partial charge in [-0.05, 0) is 38.5 Å². The normalized spacial score (nSPS) is 20.9. The van der Waals surface area contributed by atoms with E-state index in [4.69, 9.17) is 9.84 Å². The summed E-state index contributed by atoms with van der Waals surface area (Å²) < 4.78 is 5.66. The molecule has 0 spiro atoms. The molecule has 23 heavy (non-hydrogen) atoms. The molecule has 1 fully saturated rings. The minimum absolute atomic E-state index is 0.259. The zero-order valence-corrected chi connectivity index (χ0v) is 14.5. The van der Waals surface area contributed by atoms with Crippen molar-refractivity contribution < 1.29 is 14.6 Å². The first-order valence-electron chi connectivity index (χ1n) is 9.06. The molecule has 2 atom stereocenters. The second kappa shape index (κ2) is 13.1. The fourth-order valence-electron chi connectivity index (χ4n) is 2.50. The lowest BCUT2D eigenvalue weighted by Crippen LogP contribution is -1.92. The number of carboxylic acid groups (broad SMARTS) is 1. The van der Waals surface area contributed by atoms with E-state index in [1.807, 2.05) is 0 Å². The summed E-state index contributed by atoms with van der Waals surface area (Å²) in [4.78, 5) is 10.3. The Bertz CT molecular complexity index is 396. The summed E-state index contributed by atoms with van der Waals surface area (Å²) in [5.74, 6) is -0.714. The van der Waals surface area contributed by atoms with Gasteiger partial charge in [-0.1, -0.05) is 62.6 Å². The van der Waals surface area contributed by atoms with Crippen LogP contribution < -0.4 is 0 Å². The first kappa shape index (κ1) is 19.7. The number of carboxylic acids is 1. The molecular formula is C20H32O3. The highest BCUT2D eigenvalue weighted by molar-refractivity contribution is 5.66. The molecule has 1 saturated heterocycles. The quantitative estimate of drug-likeness (QED) is 0.264. The van der Waals surface area contributed by atoms with Crippen LogP contribution in [0.2, 0.25) is 0 Å². The standard InChI is InChI=1S/C20H32O3/c1-2-3-12-15-18-19(23-18)16-13-10-8-6-4-5-7-9-11-14-17-20(21)22/h4,6-7,9-10,13,18-19H,2-3,5,8,11-12,14-17H2,1H3,(H,21,22)/b6-4-,9-7-,13-10+/t18-,19+/m0/s1. The molecule has 0 aromatic carbocycles. The first-order chi connectivity index (χ1) is 11.2. The predicted octanol–water partition coefficient (Wildman–Crippen LogP) is 5.43.